The molecule has 0 unspecified atom stereocenters. The van der Waals surface area contributed by atoms with Gasteiger partial charge in [0, 0.05) is 25.2 Å². The zero-order valence-electron chi connectivity index (χ0n) is 21.6. The molecule has 1 fully saturated rings. The van der Waals surface area contributed by atoms with Crippen LogP contribution in [0, 0.1) is 17.5 Å². The van der Waals surface area contributed by atoms with Gasteiger partial charge >= 0.3 is 13.8 Å². The van der Waals surface area contributed by atoms with Crippen LogP contribution in [-0.4, -0.2) is 65.5 Å². The predicted molar refractivity (Wildman–Crippen MR) is 132 cm³/mol. The Morgan fingerprint density at radius 2 is 1.84 bits per heavy atom. The Bertz CT molecular complexity index is 1180. The Labute approximate surface area is 218 Å². The second-order valence-corrected chi connectivity index (χ2v) is 11.0. The lowest BCUT2D eigenvalue weighted by Gasteiger charge is -2.33. The zero-order valence-corrected chi connectivity index (χ0v) is 22.5. The molecule has 2 aliphatic rings. The van der Waals surface area contributed by atoms with Crippen molar-refractivity contribution in [3.8, 4) is 0 Å². The molecule has 210 valence electrons. The number of benzene rings is 1. The number of ether oxygens (including phenoxy) is 1. The lowest BCUT2D eigenvalue weighted by Crippen LogP contribution is -2.38. The van der Waals surface area contributed by atoms with Gasteiger partial charge in [0.1, 0.15) is 17.6 Å². The molecule has 1 atom stereocenters. The average Bonchev–Trinajstić information content (AvgIpc) is 3.19. The first-order chi connectivity index (χ1) is 17.8. The molecular weight excluding hydrogens is 532 g/mol. The maximum absolute atomic E-state index is 15.1. The number of allylic oxidation sites excluding steroid dienone is 1. The molecule has 1 amide bonds. The van der Waals surface area contributed by atoms with Gasteiger partial charge in [-0.3, -0.25) is 23.4 Å². The number of nitrogens with zero attached hydrogens (tertiary/aromatic N) is 4. The summed E-state index contributed by atoms with van der Waals surface area (Å²) in [7, 11) is -4.13. The van der Waals surface area contributed by atoms with E-state index in [1.54, 1.807) is 27.7 Å². The largest absolute Gasteiger partial charge is 0.442 e. The van der Waals surface area contributed by atoms with Gasteiger partial charge in [-0.1, -0.05) is 5.16 Å². The normalized spacial score (nSPS) is 18.7. The summed E-state index contributed by atoms with van der Waals surface area (Å²) in [4.78, 5) is 25.8. The van der Waals surface area contributed by atoms with Crippen molar-refractivity contribution >= 4 is 36.8 Å². The van der Waals surface area contributed by atoms with Crippen LogP contribution in [0.3, 0.4) is 0 Å². The SMILES string of the molecule is C/C(=N\O)N(C[C@H]1CN(c2cc(F)c(N3C=CC(=O)CC3)c(F)c2F)C(=O)O1)P(=O)(OC(C)C)OC(C)C. The molecular formula is C23H30F3N4O7P. The summed E-state index contributed by atoms with van der Waals surface area (Å²) in [5.74, 6) is -4.60. The number of amides is 1. The van der Waals surface area contributed by atoms with Gasteiger partial charge < -0.3 is 14.8 Å². The number of hydrogen-bond acceptors (Lipinski definition) is 9. The molecule has 0 saturated carbocycles. The molecule has 2 heterocycles. The molecule has 1 N–H and O–H groups in total. The third kappa shape index (κ3) is 6.30. The van der Waals surface area contributed by atoms with E-state index >= 15 is 4.39 Å². The van der Waals surface area contributed by atoms with Crippen LogP contribution >= 0.6 is 7.75 Å². The van der Waals surface area contributed by atoms with Crippen LogP contribution in [-0.2, 0) is 23.1 Å². The van der Waals surface area contributed by atoms with Crippen molar-refractivity contribution in [2.75, 3.05) is 29.4 Å². The summed E-state index contributed by atoms with van der Waals surface area (Å²) >= 11 is 0. The highest BCUT2D eigenvalue weighted by atomic mass is 31.2. The number of hydrogen-bond donors (Lipinski definition) is 1. The quantitative estimate of drug-likeness (QED) is 0.113. The average molecular weight is 562 g/mol. The van der Waals surface area contributed by atoms with Crippen LogP contribution in [0.25, 0.3) is 0 Å². The number of amidine groups is 1. The maximum atomic E-state index is 15.1. The Morgan fingerprint density at radius 3 is 2.37 bits per heavy atom. The fourth-order valence-corrected chi connectivity index (χ4v) is 6.04. The van der Waals surface area contributed by atoms with Gasteiger partial charge in [-0.25, -0.2) is 22.5 Å². The standard InChI is InChI=1S/C23H30F3N4O7P/c1-13(2)36-38(34,37-14(3)4)30(15(5)27-33)12-17-11-29(23(32)35-17)19-10-18(24)22(21(26)20(19)25)28-8-6-16(31)7-9-28/h6,8,10,13-14,17,33H,7,9,11-12H2,1-5H3/b27-15+/t17-/m1/s1. The summed E-state index contributed by atoms with van der Waals surface area (Å²) in [6, 6.07) is 0.661. The Morgan fingerprint density at radius 1 is 1.21 bits per heavy atom. The minimum Gasteiger partial charge on any atom is -0.442 e. The Balaban J connectivity index is 1.89. The van der Waals surface area contributed by atoms with Gasteiger partial charge in [0.15, 0.2) is 23.2 Å². The highest BCUT2D eigenvalue weighted by Gasteiger charge is 2.43. The Kier molecular flexibility index (Phi) is 9.11. The van der Waals surface area contributed by atoms with Crippen LogP contribution in [0.2, 0.25) is 0 Å². The molecule has 1 aromatic rings. The van der Waals surface area contributed by atoms with Crippen molar-refractivity contribution in [2.24, 2.45) is 5.16 Å². The van der Waals surface area contributed by atoms with E-state index in [9.17, 15) is 28.1 Å². The molecule has 0 bridgehead atoms. The van der Waals surface area contributed by atoms with Gasteiger partial charge in [-0.05, 0) is 40.7 Å². The lowest BCUT2D eigenvalue weighted by atomic mass is 10.1. The van der Waals surface area contributed by atoms with E-state index < -0.39 is 61.0 Å². The molecule has 2 aliphatic heterocycles. The lowest BCUT2D eigenvalue weighted by molar-refractivity contribution is -0.114. The van der Waals surface area contributed by atoms with Crippen LogP contribution in [0.4, 0.5) is 29.3 Å². The predicted octanol–water partition coefficient (Wildman–Crippen LogP) is 4.79. The van der Waals surface area contributed by atoms with Crippen molar-refractivity contribution in [1.82, 2.24) is 4.67 Å². The molecule has 0 aliphatic carbocycles. The van der Waals surface area contributed by atoms with Crippen LogP contribution < -0.4 is 9.80 Å². The van der Waals surface area contributed by atoms with E-state index in [4.69, 9.17) is 13.8 Å². The number of halogens is 3. The minimum atomic E-state index is -4.13. The molecule has 1 aromatic carbocycles. The molecule has 11 nitrogen and oxygen atoms in total. The first kappa shape index (κ1) is 29.5. The van der Waals surface area contributed by atoms with Crippen molar-refractivity contribution in [2.45, 2.75) is 59.4 Å². The molecule has 0 aromatic heterocycles. The number of anilines is 2. The summed E-state index contributed by atoms with van der Waals surface area (Å²) < 4.78 is 76.0. The minimum absolute atomic E-state index is 0.00313. The van der Waals surface area contributed by atoms with E-state index in [0.29, 0.717) is 11.0 Å². The van der Waals surface area contributed by atoms with Crippen molar-refractivity contribution in [3.63, 3.8) is 0 Å². The van der Waals surface area contributed by atoms with Gasteiger partial charge in [-0.15, -0.1) is 0 Å². The number of oxime groups is 1. The number of carbonyl (C=O) groups excluding carboxylic acids is 2. The first-order valence-corrected chi connectivity index (χ1v) is 13.3. The van der Waals surface area contributed by atoms with Gasteiger partial charge in [0.25, 0.3) is 0 Å². The van der Waals surface area contributed by atoms with Crippen molar-refractivity contribution in [3.05, 3.63) is 35.8 Å². The molecule has 38 heavy (non-hydrogen) atoms. The van der Waals surface area contributed by atoms with Gasteiger partial charge in [0.2, 0.25) is 0 Å². The molecule has 0 spiro atoms. The summed E-state index contributed by atoms with van der Waals surface area (Å²) in [5.41, 5.74) is -1.40. The number of cyclic esters (lactones) is 1. The molecule has 0 radical (unpaired) electrons. The van der Waals surface area contributed by atoms with E-state index in [2.05, 4.69) is 5.16 Å². The van der Waals surface area contributed by atoms with Crippen molar-refractivity contribution < 1.29 is 46.3 Å². The molecule has 3 rings (SSSR count). The van der Waals surface area contributed by atoms with Crippen LogP contribution in [0.1, 0.15) is 41.0 Å². The van der Waals surface area contributed by atoms with Crippen molar-refractivity contribution in [1.29, 1.82) is 0 Å². The fraction of sp³-hybridized carbons (Fsp3) is 0.522. The molecule has 1 saturated heterocycles. The number of carbonyl (C=O) groups is 2. The molecule has 15 heteroatoms. The second kappa shape index (κ2) is 11.7. The summed E-state index contributed by atoms with van der Waals surface area (Å²) in [5, 5.41) is 12.4. The topological polar surface area (TPSA) is 121 Å². The number of rotatable bonds is 9. The van der Waals surface area contributed by atoms with E-state index in [1.807, 2.05) is 0 Å². The smallest absolute Gasteiger partial charge is 0.436 e. The van der Waals surface area contributed by atoms with Crippen LogP contribution in [0.15, 0.2) is 23.5 Å². The van der Waals surface area contributed by atoms with E-state index in [0.717, 1.165) is 21.8 Å². The highest BCUT2D eigenvalue weighted by molar-refractivity contribution is 7.52. The number of ketones is 1. The zero-order chi connectivity index (χ0) is 28.4. The summed E-state index contributed by atoms with van der Waals surface area (Å²) in [6.45, 7) is 6.98. The fourth-order valence-electron chi connectivity index (χ4n) is 3.92. The monoisotopic (exact) mass is 562 g/mol. The summed E-state index contributed by atoms with van der Waals surface area (Å²) in [6.07, 6.45) is -1.07. The van der Waals surface area contributed by atoms with E-state index in [-0.39, 0.29) is 37.7 Å². The van der Waals surface area contributed by atoms with Crippen LogP contribution in [0.5, 0.6) is 0 Å². The Hall–Kier alpha value is -3.09. The van der Waals surface area contributed by atoms with E-state index in [1.165, 1.54) is 6.92 Å². The first-order valence-electron chi connectivity index (χ1n) is 11.8. The third-order valence-corrected chi connectivity index (χ3v) is 7.91. The van der Waals surface area contributed by atoms with Gasteiger partial charge in [-0.2, -0.15) is 0 Å². The van der Waals surface area contributed by atoms with Gasteiger partial charge in [0.05, 0.1) is 31.0 Å². The maximum Gasteiger partial charge on any atom is 0.436 e. The highest BCUT2D eigenvalue weighted by Crippen LogP contribution is 2.54. The third-order valence-electron chi connectivity index (χ3n) is 5.49. The second-order valence-electron chi connectivity index (χ2n) is 9.20.